The van der Waals surface area contributed by atoms with Gasteiger partial charge in [0.15, 0.2) is 0 Å². The number of nitrogens with zero attached hydrogens (tertiary/aromatic N) is 6. The quantitative estimate of drug-likeness (QED) is 0.315. The second-order valence-electron chi connectivity index (χ2n) is 7.56. The smallest absolute Gasteiger partial charge is 0.420 e. The lowest BCUT2D eigenvalue weighted by molar-refractivity contribution is -0.179. The summed E-state index contributed by atoms with van der Waals surface area (Å²) in [5, 5.41) is 20.1. The lowest BCUT2D eigenvalue weighted by atomic mass is 9.97. The van der Waals surface area contributed by atoms with Gasteiger partial charge in [0, 0.05) is 12.0 Å². The van der Waals surface area contributed by atoms with E-state index in [0.717, 1.165) is 36.5 Å². The zero-order valence-electron chi connectivity index (χ0n) is 18.1. The van der Waals surface area contributed by atoms with Gasteiger partial charge in [0.25, 0.3) is 11.4 Å². The van der Waals surface area contributed by atoms with Crippen molar-refractivity contribution < 1.29 is 45.4 Å². The number of hydrogen-bond acceptors (Lipinski definition) is 10. The van der Waals surface area contributed by atoms with Crippen molar-refractivity contribution in [3.05, 3.63) is 70.8 Å². The highest BCUT2D eigenvalue weighted by Crippen LogP contribution is 2.40. The first-order chi connectivity index (χ1) is 17.4. The van der Waals surface area contributed by atoms with Crippen molar-refractivity contribution in [2.24, 2.45) is 30.9 Å². The second kappa shape index (κ2) is 9.18. The fourth-order valence-corrected chi connectivity index (χ4v) is 3.51. The number of alkyl halides is 6. The summed E-state index contributed by atoms with van der Waals surface area (Å²) < 4.78 is 90.8. The molecule has 0 fully saturated rings. The highest BCUT2D eigenvalue weighted by molar-refractivity contribution is 6.30. The zero-order chi connectivity index (χ0) is 26.9. The van der Waals surface area contributed by atoms with E-state index in [1.165, 1.54) is 12.1 Å². The minimum atomic E-state index is -4.90. The van der Waals surface area contributed by atoms with Gasteiger partial charge in [-0.3, -0.25) is 0 Å². The van der Waals surface area contributed by atoms with Crippen LogP contribution in [0.4, 0.5) is 26.3 Å². The van der Waals surface area contributed by atoms with E-state index in [9.17, 15) is 35.9 Å². The molecule has 0 saturated heterocycles. The van der Waals surface area contributed by atoms with E-state index in [1.807, 2.05) is 0 Å². The van der Waals surface area contributed by atoms with Crippen molar-refractivity contribution in [1.82, 2.24) is 0 Å². The topological polar surface area (TPSA) is 127 Å². The van der Waals surface area contributed by atoms with Crippen molar-refractivity contribution in [2.45, 2.75) is 30.2 Å². The summed E-state index contributed by atoms with van der Waals surface area (Å²) in [6, 6.07) is 8.21. The van der Waals surface area contributed by atoms with Crippen molar-refractivity contribution >= 4 is 24.4 Å². The van der Waals surface area contributed by atoms with Crippen molar-refractivity contribution in [3.8, 4) is 0 Å². The van der Waals surface area contributed by atoms with Crippen LogP contribution < -0.4 is 0 Å². The Morgan fingerprint density at radius 2 is 1.30 bits per heavy atom. The first kappa shape index (κ1) is 25.6. The van der Waals surface area contributed by atoms with Gasteiger partial charge < -0.3 is 9.47 Å². The van der Waals surface area contributed by atoms with E-state index in [2.05, 4.69) is 30.9 Å². The van der Waals surface area contributed by atoms with Crippen molar-refractivity contribution in [3.63, 3.8) is 0 Å². The minimum Gasteiger partial charge on any atom is -0.421 e. The minimum absolute atomic E-state index is 0.365. The van der Waals surface area contributed by atoms with Gasteiger partial charge in [0.05, 0.1) is 17.3 Å². The molecular formula is C21H12F6N6O4. The third-order valence-electron chi connectivity index (χ3n) is 5.07. The molecule has 0 amide bonds. The van der Waals surface area contributed by atoms with E-state index >= 15 is 0 Å². The number of hydrogen-bond donors (Lipinski definition) is 0. The van der Waals surface area contributed by atoms with E-state index in [4.69, 9.17) is 9.47 Å². The summed E-state index contributed by atoms with van der Waals surface area (Å²) in [4.78, 5) is 25.2. The molecule has 2 aliphatic heterocycles. The highest BCUT2D eigenvalue weighted by atomic mass is 19.4. The van der Waals surface area contributed by atoms with Gasteiger partial charge in [-0.1, -0.05) is 36.4 Å². The molecule has 16 heteroatoms. The number of carbonyl (C=O) groups is 2. The Labute approximate surface area is 202 Å². The fraction of sp³-hybridized carbons (Fsp3) is 0.238. The number of halogens is 6. The van der Waals surface area contributed by atoms with E-state index in [1.54, 1.807) is 0 Å². The van der Waals surface area contributed by atoms with Gasteiger partial charge in [-0.05, 0) is 28.1 Å². The summed E-state index contributed by atoms with van der Waals surface area (Å²) in [6.07, 6.45) is -8.94. The predicted molar refractivity (Wildman–Crippen MR) is 110 cm³/mol. The maximum absolute atomic E-state index is 13.5. The third kappa shape index (κ3) is 5.22. The van der Waals surface area contributed by atoms with Crippen LogP contribution in [0.1, 0.15) is 22.3 Å². The Balaban J connectivity index is 1.60. The zero-order valence-corrected chi connectivity index (χ0v) is 18.1. The molecule has 0 N–H and O–H groups in total. The fourth-order valence-electron chi connectivity index (χ4n) is 3.51. The van der Waals surface area contributed by atoms with Crippen LogP contribution >= 0.6 is 0 Å². The molecule has 2 heterocycles. The van der Waals surface area contributed by atoms with Crippen LogP contribution in [0.5, 0.6) is 0 Å². The Morgan fingerprint density at radius 1 is 0.730 bits per heavy atom. The van der Waals surface area contributed by atoms with Gasteiger partial charge in [-0.2, -0.15) is 26.3 Å². The molecule has 4 rings (SSSR count). The molecule has 10 nitrogen and oxygen atoms in total. The molecular weight excluding hydrogens is 514 g/mol. The van der Waals surface area contributed by atoms with Gasteiger partial charge in [0.1, 0.15) is 6.21 Å². The molecule has 2 unspecified atom stereocenters. The molecule has 2 aliphatic rings. The number of esters is 2. The second-order valence-corrected chi connectivity index (χ2v) is 7.56. The van der Waals surface area contributed by atoms with Crippen LogP contribution in [0.25, 0.3) is 0 Å². The van der Waals surface area contributed by atoms with Gasteiger partial charge in [-0.25, -0.2) is 9.59 Å². The Kier molecular flexibility index (Phi) is 6.35. The molecule has 0 radical (unpaired) electrons. The monoisotopic (exact) mass is 526 g/mol. The Bertz CT molecular complexity index is 1330. The number of ether oxygens (including phenoxy) is 2. The maximum Gasteiger partial charge on any atom is 0.420 e. The van der Waals surface area contributed by atoms with Gasteiger partial charge in [0.2, 0.25) is 0 Å². The summed E-state index contributed by atoms with van der Waals surface area (Å²) in [5.41, 5.74) is -8.21. The van der Waals surface area contributed by atoms with Crippen LogP contribution in [0.15, 0.2) is 79.4 Å². The Hall–Kier alpha value is -4.50. The lowest BCUT2D eigenvalue weighted by Gasteiger charge is -2.26. The van der Waals surface area contributed by atoms with Crippen LogP contribution in [-0.2, 0) is 43.6 Å². The highest BCUT2D eigenvalue weighted by Gasteiger charge is 2.48. The Morgan fingerprint density at radius 3 is 1.89 bits per heavy atom. The molecule has 2 atom stereocenters. The molecule has 2 aromatic carbocycles. The molecule has 0 saturated carbocycles. The average Bonchev–Trinajstić information content (AvgIpc) is 3.49. The molecule has 2 aromatic rings. The number of rotatable bonds is 5. The van der Waals surface area contributed by atoms with E-state index in [-0.39, 0.29) is 5.56 Å². The van der Waals surface area contributed by atoms with Crippen LogP contribution in [0, 0.1) is 0 Å². The normalized spacial score (nSPS) is 22.4. The molecule has 37 heavy (non-hydrogen) atoms. The third-order valence-corrected chi connectivity index (χ3v) is 5.07. The molecule has 0 spiro atoms. The summed E-state index contributed by atoms with van der Waals surface area (Å²) in [5.74, 6) is -3.68. The van der Waals surface area contributed by atoms with Crippen LogP contribution in [-0.4, -0.2) is 30.1 Å². The first-order valence-corrected chi connectivity index (χ1v) is 10.1. The number of benzene rings is 2. The largest absolute Gasteiger partial charge is 0.421 e. The first-order valence-electron chi connectivity index (χ1n) is 10.1. The predicted octanol–water partition coefficient (Wildman–Crippen LogP) is 4.81. The maximum atomic E-state index is 13.5. The molecule has 0 aliphatic carbocycles. The number of carbonyl (C=O) groups excluding carboxylic acids is 2. The average molecular weight is 526 g/mol. The van der Waals surface area contributed by atoms with Crippen LogP contribution in [0.2, 0.25) is 0 Å². The van der Waals surface area contributed by atoms with Gasteiger partial charge >= 0.3 is 24.3 Å². The lowest BCUT2D eigenvalue weighted by Crippen LogP contribution is -2.42. The SMILES string of the molecule is O=C(OC1(Cc2ccccc2C(F)(F)F)C=NN=N1)C(=O)OC1(c2ccccc2C(F)(F)F)C=NN=N1. The van der Waals surface area contributed by atoms with Crippen molar-refractivity contribution in [2.75, 3.05) is 0 Å². The van der Waals surface area contributed by atoms with E-state index in [0.29, 0.717) is 12.3 Å². The van der Waals surface area contributed by atoms with Crippen LogP contribution in [0.3, 0.4) is 0 Å². The van der Waals surface area contributed by atoms with Crippen molar-refractivity contribution in [1.29, 1.82) is 0 Å². The molecule has 0 aromatic heterocycles. The summed E-state index contributed by atoms with van der Waals surface area (Å²) in [6.45, 7) is 0. The molecule has 192 valence electrons. The standard InChI is InChI=1S/C21H12F6N6O4/c22-20(23,24)13-6-2-1-5-12(13)9-18(10-28-32-30-18)36-16(34)17(35)37-19(11-29-33-31-19)14-7-3-4-8-15(14)21(25,26)27/h1-8,10-11H,9H2. The van der Waals surface area contributed by atoms with E-state index < -0.39 is 58.9 Å². The summed E-state index contributed by atoms with van der Waals surface area (Å²) >= 11 is 0. The molecule has 0 bridgehead atoms. The summed E-state index contributed by atoms with van der Waals surface area (Å²) in [7, 11) is 0. The van der Waals surface area contributed by atoms with Gasteiger partial charge in [-0.15, -0.1) is 20.4 Å².